The van der Waals surface area contributed by atoms with Gasteiger partial charge in [-0.1, -0.05) is 69.9 Å². The zero-order valence-corrected chi connectivity index (χ0v) is 16.6. The van der Waals surface area contributed by atoms with Crippen LogP contribution in [0, 0.1) is 12.8 Å². The molecule has 0 aliphatic carbocycles. The van der Waals surface area contributed by atoms with Crippen LogP contribution in [-0.4, -0.2) is 11.1 Å². The third-order valence-corrected chi connectivity index (χ3v) is 5.18. The van der Waals surface area contributed by atoms with Crippen molar-refractivity contribution in [2.75, 3.05) is 0 Å². The van der Waals surface area contributed by atoms with E-state index in [9.17, 15) is 14.7 Å². The predicted octanol–water partition coefficient (Wildman–Crippen LogP) is 5.88. The van der Waals surface area contributed by atoms with Gasteiger partial charge < -0.3 is 9.52 Å². The smallest absolute Gasteiger partial charge is 0.339 e. The summed E-state index contributed by atoms with van der Waals surface area (Å²) in [6.07, 6.45) is 10.3. The topological polar surface area (TPSA) is 67.5 Å². The average Bonchev–Trinajstić information content (AvgIpc) is 2.63. The lowest BCUT2D eigenvalue weighted by Gasteiger charge is -2.12. The maximum atomic E-state index is 12.2. The summed E-state index contributed by atoms with van der Waals surface area (Å²) in [5.41, 5.74) is 1.66. The largest absolute Gasteiger partial charge is 0.481 e. The number of rotatable bonds is 12. The SMILES string of the molecule is CCCCCCCCCCC(Cc1cc2cc(C)ccc2oc1=O)C(=O)O. The Kier molecular flexibility index (Phi) is 8.56. The molecule has 0 radical (unpaired) electrons. The fourth-order valence-electron chi connectivity index (χ4n) is 3.53. The summed E-state index contributed by atoms with van der Waals surface area (Å²) in [5, 5.41) is 10.4. The maximum absolute atomic E-state index is 12.2. The van der Waals surface area contributed by atoms with Gasteiger partial charge >= 0.3 is 11.6 Å². The second kappa shape index (κ2) is 10.9. The summed E-state index contributed by atoms with van der Waals surface area (Å²) in [5.74, 6) is -1.36. The number of benzene rings is 1. The van der Waals surface area contributed by atoms with Crippen LogP contribution >= 0.6 is 0 Å². The molecule has 0 aliphatic rings. The van der Waals surface area contributed by atoms with Gasteiger partial charge in [0.15, 0.2) is 0 Å². The molecule has 1 atom stereocenters. The van der Waals surface area contributed by atoms with Gasteiger partial charge in [-0.25, -0.2) is 4.79 Å². The van der Waals surface area contributed by atoms with Crippen LogP contribution in [0.4, 0.5) is 0 Å². The lowest BCUT2D eigenvalue weighted by Crippen LogP contribution is -2.20. The van der Waals surface area contributed by atoms with Crippen molar-refractivity contribution >= 4 is 16.9 Å². The van der Waals surface area contributed by atoms with Gasteiger partial charge in [0.05, 0.1) is 5.92 Å². The lowest BCUT2D eigenvalue weighted by molar-refractivity contribution is -0.142. The lowest BCUT2D eigenvalue weighted by atomic mass is 9.93. The van der Waals surface area contributed by atoms with Crippen molar-refractivity contribution in [3.8, 4) is 0 Å². The summed E-state index contributed by atoms with van der Waals surface area (Å²) in [7, 11) is 0. The highest BCUT2D eigenvalue weighted by Gasteiger charge is 2.20. The Morgan fingerprint density at radius 1 is 1.04 bits per heavy atom. The Morgan fingerprint density at radius 2 is 1.70 bits per heavy atom. The van der Waals surface area contributed by atoms with Crippen molar-refractivity contribution in [3.63, 3.8) is 0 Å². The number of carboxylic acid groups (broad SMARTS) is 1. The van der Waals surface area contributed by atoms with Crippen molar-refractivity contribution < 1.29 is 14.3 Å². The van der Waals surface area contributed by atoms with E-state index in [4.69, 9.17) is 4.42 Å². The van der Waals surface area contributed by atoms with E-state index < -0.39 is 17.5 Å². The van der Waals surface area contributed by atoms with Crippen LogP contribution in [0.25, 0.3) is 11.0 Å². The van der Waals surface area contributed by atoms with Gasteiger partial charge in [0.1, 0.15) is 5.58 Å². The number of hydrogen-bond acceptors (Lipinski definition) is 3. The van der Waals surface area contributed by atoms with Gasteiger partial charge in [-0.05, 0) is 38.0 Å². The van der Waals surface area contributed by atoms with Gasteiger partial charge in [-0.15, -0.1) is 0 Å². The molecule has 0 aliphatic heterocycles. The third-order valence-electron chi connectivity index (χ3n) is 5.18. The molecule has 1 aromatic carbocycles. The molecule has 1 unspecified atom stereocenters. The van der Waals surface area contributed by atoms with Gasteiger partial charge in [0.2, 0.25) is 0 Å². The first-order chi connectivity index (χ1) is 13.0. The van der Waals surface area contributed by atoms with Crippen LogP contribution in [0.15, 0.2) is 33.5 Å². The standard InChI is InChI=1S/C23H32O4/c1-3-4-5-6-7-8-9-10-11-18(22(24)25)15-20-16-19-14-17(2)12-13-21(19)27-23(20)26/h12-14,16,18H,3-11,15H2,1-2H3,(H,24,25). The molecule has 0 amide bonds. The fraction of sp³-hybridized carbons (Fsp3) is 0.565. The molecule has 0 bridgehead atoms. The normalized spacial score (nSPS) is 12.4. The molecule has 0 saturated heterocycles. The van der Waals surface area contributed by atoms with Crippen molar-refractivity contribution in [1.29, 1.82) is 0 Å². The summed E-state index contributed by atoms with van der Waals surface area (Å²) in [4.78, 5) is 23.9. The summed E-state index contributed by atoms with van der Waals surface area (Å²) < 4.78 is 5.37. The van der Waals surface area contributed by atoms with E-state index in [1.807, 2.05) is 19.1 Å². The second-order valence-electron chi connectivity index (χ2n) is 7.60. The van der Waals surface area contributed by atoms with Crippen LogP contribution in [-0.2, 0) is 11.2 Å². The van der Waals surface area contributed by atoms with E-state index in [2.05, 4.69) is 6.92 Å². The zero-order valence-electron chi connectivity index (χ0n) is 16.6. The van der Waals surface area contributed by atoms with Crippen LogP contribution in [0.1, 0.15) is 75.8 Å². The van der Waals surface area contributed by atoms with Crippen molar-refractivity contribution in [3.05, 3.63) is 45.8 Å². The van der Waals surface area contributed by atoms with E-state index in [0.29, 0.717) is 17.6 Å². The van der Waals surface area contributed by atoms with Crippen LogP contribution in [0.2, 0.25) is 0 Å². The van der Waals surface area contributed by atoms with Gasteiger partial charge in [-0.2, -0.15) is 0 Å². The Labute approximate surface area is 161 Å². The minimum absolute atomic E-state index is 0.234. The Hall–Kier alpha value is -2.10. The number of aryl methyl sites for hydroxylation is 1. The Morgan fingerprint density at radius 3 is 2.37 bits per heavy atom. The van der Waals surface area contributed by atoms with Crippen molar-refractivity contribution in [1.82, 2.24) is 0 Å². The zero-order chi connectivity index (χ0) is 19.6. The molecular weight excluding hydrogens is 340 g/mol. The summed E-state index contributed by atoms with van der Waals surface area (Å²) in [6, 6.07) is 7.42. The van der Waals surface area contributed by atoms with E-state index >= 15 is 0 Å². The monoisotopic (exact) mass is 372 g/mol. The molecule has 2 rings (SSSR count). The van der Waals surface area contributed by atoms with Crippen LogP contribution < -0.4 is 5.63 Å². The molecule has 148 valence electrons. The molecule has 0 saturated carbocycles. The Balaban J connectivity index is 1.90. The van der Waals surface area contributed by atoms with Crippen LogP contribution in [0.5, 0.6) is 0 Å². The number of aliphatic carboxylic acids is 1. The second-order valence-corrected chi connectivity index (χ2v) is 7.60. The first kappa shape index (κ1) is 21.2. The first-order valence-corrected chi connectivity index (χ1v) is 10.3. The van der Waals surface area contributed by atoms with Gasteiger partial charge in [0.25, 0.3) is 0 Å². The first-order valence-electron chi connectivity index (χ1n) is 10.3. The van der Waals surface area contributed by atoms with E-state index in [0.717, 1.165) is 30.2 Å². The molecule has 27 heavy (non-hydrogen) atoms. The van der Waals surface area contributed by atoms with Crippen LogP contribution in [0.3, 0.4) is 0 Å². The molecule has 1 aromatic heterocycles. The summed E-state index contributed by atoms with van der Waals surface area (Å²) >= 11 is 0. The molecule has 4 nitrogen and oxygen atoms in total. The molecule has 1 N–H and O–H groups in total. The Bertz CT molecular complexity index is 791. The number of carbonyl (C=O) groups is 1. The van der Waals surface area contributed by atoms with Crippen molar-refractivity contribution in [2.45, 2.75) is 78.1 Å². The number of carboxylic acids is 1. The predicted molar refractivity (Wildman–Crippen MR) is 109 cm³/mol. The van der Waals surface area contributed by atoms with E-state index in [1.165, 1.54) is 32.1 Å². The number of fused-ring (bicyclic) bond motifs is 1. The quantitative estimate of drug-likeness (QED) is 0.373. The minimum Gasteiger partial charge on any atom is -0.481 e. The maximum Gasteiger partial charge on any atom is 0.339 e. The average molecular weight is 373 g/mol. The molecule has 0 spiro atoms. The minimum atomic E-state index is -0.832. The highest BCUT2D eigenvalue weighted by molar-refractivity contribution is 5.78. The van der Waals surface area contributed by atoms with Gasteiger partial charge in [0, 0.05) is 10.9 Å². The number of hydrogen-bond donors (Lipinski definition) is 1. The molecule has 0 fully saturated rings. The molecule has 1 heterocycles. The molecule has 2 aromatic rings. The molecular formula is C23H32O4. The fourth-order valence-corrected chi connectivity index (χ4v) is 3.53. The third kappa shape index (κ3) is 6.85. The summed E-state index contributed by atoms with van der Waals surface area (Å²) in [6.45, 7) is 4.19. The van der Waals surface area contributed by atoms with E-state index in [-0.39, 0.29) is 6.42 Å². The van der Waals surface area contributed by atoms with Gasteiger partial charge in [-0.3, -0.25) is 4.79 Å². The highest BCUT2D eigenvalue weighted by atomic mass is 16.4. The van der Waals surface area contributed by atoms with Crippen molar-refractivity contribution in [2.24, 2.45) is 5.92 Å². The number of unbranched alkanes of at least 4 members (excludes halogenated alkanes) is 7. The highest BCUT2D eigenvalue weighted by Crippen LogP contribution is 2.20. The molecule has 4 heteroatoms. The van der Waals surface area contributed by atoms with E-state index in [1.54, 1.807) is 12.1 Å².